The van der Waals surface area contributed by atoms with Crippen LogP contribution in [0.4, 0.5) is 0 Å². The van der Waals surface area contributed by atoms with Crippen molar-refractivity contribution in [2.45, 2.75) is 6.54 Å². The minimum atomic E-state index is -0.407. The van der Waals surface area contributed by atoms with Gasteiger partial charge in [-0.15, -0.1) is 0 Å². The highest BCUT2D eigenvalue weighted by Crippen LogP contribution is 2.35. The summed E-state index contributed by atoms with van der Waals surface area (Å²) in [5, 5.41) is 8.93. The Labute approximate surface area is 181 Å². The average molecular weight is 478 g/mol. The Hall–Kier alpha value is -2.84. The number of carbonyl (C=O) groups is 1. The quantitative estimate of drug-likeness (QED) is 0.410. The van der Waals surface area contributed by atoms with Crippen molar-refractivity contribution < 1.29 is 14.3 Å². The van der Waals surface area contributed by atoms with Gasteiger partial charge < -0.3 is 9.47 Å². The molecule has 3 rings (SSSR count). The molecule has 9 heteroatoms. The molecule has 1 heterocycles. The van der Waals surface area contributed by atoms with Gasteiger partial charge >= 0.3 is 0 Å². The van der Waals surface area contributed by atoms with E-state index in [2.05, 4.69) is 31.6 Å². The van der Waals surface area contributed by atoms with Gasteiger partial charge in [0, 0.05) is 11.2 Å². The fourth-order valence-electron chi connectivity index (χ4n) is 2.58. The van der Waals surface area contributed by atoms with Crippen LogP contribution in [0, 0.1) is 0 Å². The first-order valence-corrected chi connectivity index (χ1v) is 9.70. The number of ether oxygens (including phenoxy) is 2. The van der Waals surface area contributed by atoms with Crippen LogP contribution in [0.5, 0.6) is 11.5 Å². The van der Waals surface area contributed by atoms with E-state index in [9.17, 15) is 4.79 Å². The third-order valence-electron chi connectivity index (χ3n) is 3.97. The lowest BCUT2D eigenvalue weighted by molar-refractivity contribution is 0.0949. The van der Waals surface area contributed by atoms with E-state index in [1.165, 1.54) is 6.21 Å². The maximum absolute atomic E-state index is 12.3. The number of halogens is 2. The van der Waals surface area contributed by atoms with Crippen molar-refractivity contribution in [3.8, 4) is 11.5 Å². The molecule has 0 aliphatic heterocycles. The standard InChI is InChI=1S/C20H18BrClN4O3/c1-28-18-10-14(9-16(21)19(18)29-2)11-23-24-20(27)17-7-8-26(25-17)12-13-3-5-15(22)6-4-13/h3-11H,12H2,1-2H3,(H,24,27)/b23-11-. The van der Waals surface area contributed by atoms with Crippen molar-refractivity contribution >= 4 is 39.7 Å². The average Bonchev–Trinajstić information content (AvgIpc) is 3.18. The Morgan fingerprint density at radius 1 is 1.24 bits per heavy atom. The summed E-state index contributed by atoms with van der Waals surface area (Å²) in [5.41, 5.74) is 4.49. The molecule has 29 heavy (non-hydrogen) atoms. The van der Waals surface area contributed by atoms with Crippen molar-refractivity contribution in [2.75, 3.05) is 14.2 Å². The number of hydrogen-bond donors (Lipinski definition) is 1. The monoisotopic (exact) mass is 476 g/mol. The maximum Gasteiger partial charge on any atom is 0.291 e. The second-order valence-corrected chi connectivity index (χ2v) is 7.25. The number of amides is 1. The van der Waals surface area contributed by atoms with E-state index in [1.54, 1.807) is 43.3 Å². The molecule has 0 saturated heterocycles. The molecule has 3 aromatic rings. The summed E-state index contributed by atoms with van der Waals surface area (Å²) < 4.78 is 12.9. The summed E-state index contributed by atoms with van der Waals surface area (Å²) in [6.07, 6.45) is 3.24. The van der Waals surface area contributed by atoms with Crippen LogP contribution in [0.1, 0.15) is 21.6 Å². The van der Waals surface area contributed by atoms with Crippen LogP contribution in [-0.4, -0.2) is 36.1 Å². The van der Waals surface area contributed by atoms with Gasteiger partial charge in [-0.3, -0.25) is 9.48 Å². The molecule has 0 fully saturated rings. The summed E-state index contributed by atoms with van der Waals surface area (Å²) in [6.45, 7) is 0.535. The first-order valence-electron chi connectivity index (χ1n) is 8.53. The minimum absolute atomic E-state index is 0.268. The van der Waals surface area contributed by atoms with Crippen LogP contribution in [0.2, 0.25) is 5.02 Å². The topological polar surface area (TPSA) is 77.7 Å². The fourth-order valence-corrected chi connectivity index (χ4v) is 3.33. The number of carbonyl (C=O) groups excluding carboxylic acids is 1. The molecule has 0 aliphatic rings. The van der Waals surface area contributed by atoms with Crippen LogP contribution < -0.4 is 14.9 Å². The van der Waals surface area contributed by atoms with Gasteiger partial charge in [-0.05, 0) is 57.4 Å². The highest BCUT2D eigenvalue weighted by atomic mass is 79.9. The van der Waals surface area contributed by atoms with E-state index in [1.807, 2.05) is 24.3 Å². The highest BCUT2D eigenvalue weighted by molar-refractivity contribution is 9.10. The number of rotatable bonds is 7. The van der Waals surface area contributed by atoms with Crippen molar-refractivity contribution in [1.29, 1.82) is 0 Å². The summed E-state index contributed by atoms with van der Waals surface area (Å²) in [7, 11) is 3.11. The Balaban J connectivity index is 1.63. The van der Waals surface area contributed by atoms with E-state index in [0.29, 0.717) is 27.5 Å². The second-order valence-electron chi connectivity index (χ2n) is 5.96. The molecular weight excluding hydrogens is 460 g/mol. The van der Waals surface area contributed by atoms with E-state index in [-0.39, 0.29) is 5.69 Å². The Kier molecular flexibility index (Phi) is 6.90. The van der Waals surface area contributed by atoms with Crippen molar-refractivity contribution in [1.82, 2.24) is 15.2 Å². The molecule has 0 radical (unpaired) electrons. The van der Waals surface area contributed by atoms with Gasteiger partial charge in [-0.25, -0.2) is 5.43 Å². The number of nitrogens with one attached hydrogen (secondary N) is 1. The first kappa shape index (κ1) is 20.9. The van der Waals surface area contributed by atoms with Crippen LogP contribution in [0.15, 0.2) is 58.2 Å². The van der Waals surface area contributed by atoms with Gasteiger partial charge in [-0.2, -0.15) is 10.2 Å². The van der Waals surface area contributed by atoms with Gasteiger partial charge in [-0.1, -0.05) is 23.7 Å². The van der Waals surface area contributed by atoms with Gasteiger partial charge in [0.15, 0.2) is 17.2 Å². The van der Waals surface area contributed by atoms with Crippen molar-refractivity contribution in [3.05, 3.63) is 75.0 Å². The minimum Gasteiger partial charge on any atom is -0.493 e. The fraction of sp³-hybridized carbons (Fsp3) is 0.150. The van der Waals surface area contributed by atoms with Crippen molar-refractivity contribution in [2.24, 2.45) is 5.10 Å². The molecule has 0 saturated carbocycles. The summed E-state index contributed by atoms with van der Waals surface area (Å²) in [4.78, 5) is 12.3. The molecule has 1 N–H and O–H groups in total. The Bertz CT molecular complexity index is 1030. The predicted molar refractivity (Wildman–Crippen MR) is 115 cm³/mol. The lowest BCUT2D eigenvalue weighted by Gasteiger charge is -2.10. The zero-order chi connectivity index (χ0) is 20.8. The van der Waals surface area contributed by atoms with Gasteiger partial charge in [0.25, 0.3) is 5.91 Å². The zero-order valence-electron chi connectivity index (χ0n) is 15.7. The van der Waals surface area contributed by atoms with E-state index < -0.39 is 5.91 Å². The number of methoxy groups -OCH3 is 2. The number of nitrogens with zero attached hydrogens (tertiary/aromatic N) is 3. The molecule has 0 atom stereocenters. The molecular formula is C20H18BrClN4O3. The number of hydrazone groups is 1. The van der Waals surface area contributed by atoms with E-state index >= 15 is 0 Å². The summed E-state index contributed by atoms with van der Waals surface area (Å²) >= 11 is 9.31. The van der Waals surface area contributed by atoms with Gasteiger partial charge in [0.2, 0.25) is 0 Å². The molecule has 0 bridgehead atoms. The normalized spacial score (nSPS) is 10.9. The van der Waals surface area contributed by atoms with E-state index in [0.717, 1.165) is 11.1 Å². The zero-order valence-corrected chi connectivity index (χ0v) is 18.1. The second kappa shape index (κ2) is 9.58. The number of hydrogen-bond acceptors (Lipinski definition) is 5. The smallest absolute Gasteiger partial charge is 0.291 e. The Morgan fingerprint density at radius 2 is 2.00 bits per heavy atom. The lowest BCUT2D eigenvalue weighted by atomic mass is 10.2. The summed E-state index contributed by atoms with van der Waals surface area (Å²) in [5.74, 6) is 0.728. The summed E-state index contributed by atoms with van der Waals surface area (Å²) in [6, 6.07) is 12.6. The van der Waals surface area contributed by atoms with E-state index in [4.69, 9.17) is 21.1 Å². The SMILES string of the molecule is COc1cc(/C=N\NC(=O)c2ccn(Cc3ccc(Cl)cc3)n2)cc(Br)c1OC. The van der Waals surface area contributed by atoms with Gasteiger partial charge in [0.1, 0.15) is 0 Å². The van der Waals surface area contributed by atoms with Gasteiger partial charge in [0.05, 0.1) is 31.5 Å². The van der Waals surface area contributed by atoms with Crippen LogP contribution >= 0.6 is 27.5 Å². The van der Waals surface area contributed by atoms with Crippen LogP contribution in [0.3, 0.4) is 0 Å². The molecule has 150 valence electrons. The molecule has 0 spiro atoms. The third-order valence-corrected chi connectivity index (χ3v) is 4.81. The predicted octanol–water partition coefficient (Wildman–Crippen LogP) is 4.13. The number of benzene rings is 2. The lowest BCUT2D eigenvalue weighted by Crippen LogP contribution is -2.18. The van der Waals surface area contributed by atoms with Crippen LogP contribution in [-0.2, 0) is 6.54 Å². The highest BCUT2D eigenvalue weighted by Gasteiger charge is 2.11. The molecule has 0 aliphatic carbocycles. The molecule has 1 aromatic heterocycles. The Morgan fingerprint density at radius 3 is 2.69 bits per heavy atom. The van der Waals surface area contributed by atoms with Crippen LogP contribution in [0.25, 0.3) is 0 Å². The van der Waals surface area contributed by atoms with Crippen molar-refractivity contribution in [3.63, 3.8) is 0 Å². The number of aromatic nitrogens is 2. The molecule has 7 nitrogen and oxygen atoms in total. The largest absolute Gasteiger partial charge is 0.493 e. The molecule has 0 unspecified atom stereocenters. The first-order chi connectivity index (χ1) is 14.0. The maximum atomic E-state index is 12.3. The third kappa shape index (κ3) is 5.36. The molecule has 2 aromatic carbocycles. The molecule has 1 amide bonds.